The highest BCUT2D eigenvalue weighted by atomic mass is 16.5. The first-order chi connectivity index (χ1) is 16.3. The largest absolute Gasteiger partial charge is 0.493 e. The average molecular weight is 452 g/mol. The summed E-state index contributed by atoms with van der Waals surface area (Å²) in [4.78, 5) is 29.6. The summed E-state index contributed by atoms with van der Waals surface area (Å²) in [5, 5.41) is 8.73. The smallest absolute Gasteiger partial charge is 0.303 e. The normalized spacial score (nSPS) is 11.6. The molecular formula is C26H30N2O5. The number of hydrogen-bond acceptors (Lipinski definition) is 5. The molecule has 1 amide bonds. The number of carboxylic acid groups (broad SMARTS) is 1. The van der Waals surface area contributed by atoms with Crippen molar-refractivity contribution in [3.8, 4) is 17.1 Å². The second-order valence-electron chi connectivity index (χ2n) is 7.93. The molecule has 7 heteroatoms. The molecule has 3 rings (SSSR count). The maximum absolute atomic E-state index is 13.4. The maximum atomic E-state index is 13.4. The number of amides is 1. The molecule has 0 aliphatic heterocycles. The molecule has 7 nitrogen and oxygen atoms in total. The molecule has 174 valence electrons. The zero-order chi connectivity index (χ0) is 24.6. The summed E-state index contributed by atoms with van der Waals surface area (Å²) < 4.78 is 19.9. The van der Waals surface area contributed by atoms with Crippen molar-refractivity contribution < 1.29 is 25.2 Å². The topological polar surface area (TPSA) is 92.9 Å². The van der Waals surface area contributed by atoms with Gasteiger partial charge in [-0.1, -0.05) is 12.1 Å². The number of rotatable bonds is 12. The molecule has 1 aromatic carbocycles. The van der Waals surface area contributed by atoms with E-state index in [9.17, 15) is 9.59 Å². The molecule has 0 aliphatic rings. The average Bonchev–Trinajstić information content (AvgIpc) is 3.34. The van der Waals surface area contributed by atoms with E-state index in [-0.39, 0.29) is 18.9 Å². The summed E-state index contributed by atoms with van der Waals surface area (Å²) in [5.74, 6) is 0.255. The second kappa shape index (κ2) is 11.9. The number of pyridine rings is 1. The number of benzene rings is 1. The molecule has 0 bridgehead atoms. The number of carbonyl (C=O) groups is 2. The summed E-state index contributed by atoms with van der Waals surface area (Å²) in [6.45, 7) is 3.93. The van der Waals surface area contributed by atoms with Gasteiger partial charge in [0.25, 0.3) is 5.91 Å². The lowest BCUT2D eigenvalue weighted by Gasteiger charge is -2.27. The van der Waals surface area contributed by atoms with E-state index in [2.05, 4.69) is 4.98 Å². The van der Waals surface area contributed by atoms with Crippen molar-refractivity contribution >= 4 is 11.9 Å². The number of unbranched alkanes of at least 4 members (excludes halogenated alkanes) is 2. The van der Waals surface area contributed by atoms with Gasteiger partial charge in [-0.2, -0.15) is 0 Å². The Morgan fingerprint density at radius 2 is 1.94 bits per heavy atom. The first-order valence-corrected chi connectivity index (χ1v) is 11.0. The number of nitrogens with zero attached hydrogens (tertiary/aromatic N) is 2. The van der Waals surface area contributed by atoms with Gasteiger partial charge in [-0.3, -0.25) is 14.6 Å². The van der Waals surface area contributed by atoms with E-state index in [4.69, 9.17) is 15.6 Å². The number of furan rings is 1. The fraction of sp³-hybridized carbons (Fsp3) is 0.346. The SMILES string of the molecule is [2H]C(C)(C)N(Cc1cnccc1OCCCCCC(=O)O)C(=O)c1ccc(-c2ccco2)cc1. The van der Waals surface area contributed by atoms with Gasteiger partial charge in [0.15, 0.2) is 0 Å². The Balaban J connectivity index is 1.69. The van der Waals surface area contributed by atoms with Crippen LogP contribution in [0.2, 0.25) is 0 Å². The van der Waals surface area contributed by atoms with Crippen molar-refractivity contribution in [3.63, 3.8) is 0 Å². The van der Waals surface area contributed by atoms with Crippen molar-refractivity contribution in [2.45, 2.75) is 52.1 Å². The fourth-order valence-electron chi connectivity index (χ4n) is 3.39. The lowest BCUT2D eigenvalue weighted by Crippen LogP contribution is -2.36. The molecule has 0 unspecified atom stereocenters. The van der Waals surface area contributed by atoms with Crippen LogP contribution in [0.1, 0.15) is 56.8 Å². The summed E-state index contributed by atoms with van der Waals surface area (Å²) in [7, 11) is 0. The van der Waals surface area contributed by atoms with Gasteiger partial charge < -0.3 is 19.2 Å². The highest BCUT2D eigenvalue weighted by Crippen LogP contribution is 2.24. The van der Waals surface area contributed by atoms with Crippen LogP contribution in [-0.4, -0.2) is 39.5 Å². The Morgan fingerprint density at radius 3 is 2.61 bits per heavy atom. The Bertz CT molecular complexity index is 1080. The van der Waals surface area contributed by atoms with Crippen LogP contribution in [-0.2, 0) is 11.3 Å². The predicted octanol–water partition coefficient (Wildman–Crippen LogP) is 5.42. The summed E-state index contributed by atoms with van der Waals surface area (Å²) in [6.07, 6.45) is 7.10. The van der Waals surface area contributed by atoms with E-state index < -0.39 is 12.0 Å². The number of hydrogen-bond donors (Lipinski definition) is 1. The van der Waals surface area contributed by atoms with Gasteiger partial charge in [0, 0.05) is 41.5 Å². The lowest BCUT2D eigenvalue weighted by atomic mass is 10.1. The van der Waals surface area contributed by atoms with Gasteiger partial charge in [0.05, 0.1) is 20.8 Å². The monoisotopic (exact) mass is 451 g/mol. The third-order valence-corrected chi connectivity index (χ3v) is 5.20. The van der Waals surface area contributed by atoms with Gasteiger partial charge in [0.2, 0.25) is 0 Å². The predicted molar refractivity (Wildman–Crippen MR) is 125 cm³/mol. The molecular weight excluding hydrogens is 420 g/mol. The van der Waals surface area contributed by atoms with Crippen LogP contribution in [0.25, 0.3) is 11.3 Å². The number of carbonyl (C=O) groups excluding carboxylic acids is 1. The molecule has 0 aliphatic carbocycles. The zero-order valence-electron chi connectivity index (χ0n) is 20.0. The minimum atomic E-state index is -1.18. The number of aromatic nitrogens is 1. The first-order valence-electron chi connectivity index (χ1n) is 11.5. The van der Waals surface area contributed by atoms with Gasteiger partial charge in [-0.25, -0.2) is 0 Å². The summed E-state index contributed by atoms with van der Waals surface area (Å²) in [5.41, 5.74) is 2.04. The fourth-order valence-corrected chi connectivity index (χ4v) is 3.39. The molecule has 33 heavy (non-hydrogen) atoms. The van der Waals surface area contributed by atoms with E-state index in [0.29, 0.717) is 29.9 Å². The molecule has 0 spiro atoms. The van der Waals surface area contributed by atoms with Crippen LogP contribution in [0.15, 0.2) is 65.5 Å². The highest BCUT2D eigenvalue weighted by Gasteiger charge is 2.21. The number of ether oxygens (including phenoxy) is 1. The van der Waals surface area contributed by atoms with Crippen molar-refractivity contribution in [3.05, 3.63) is 72.2 Å². The first kappa shape index (κ1) is 22.6. The van der Waals surface area contributed by atoms with Crippen LogP contribution >= 0.6 is 0 Å². The van der Waals surface area contributed by atoms with E-state index >= 15 is 0 Å². The maximum Gasteiger partial charge on any atom is 0.303 e. The van der Waals surface area contributed by atoms with Gasteiger partial charge in [-0.05, 0) is 63.4 Å². The molecule has 0 saturated carbocycles. The molecule has 3 aromatic rings. The molecule has 2 heterocycles. The minimum absolute atomic E-state index is 0.151. The second-order valence-corrected chi connectivity index (χ2v) is 7.93. The standard InChI is InChI=1S/C26H30N2O5/c1-19(2)28(26(31)21-11-9-20(10-12-21)23-7-6-16-33-23)18-22-17-27-14-13-24(22)32-15-5-3-4-8-25(29)30/h6-7,9-14,16-17,19H,3-5,8,15,18H2,1-2H3,(H,29,30)/i19D. The minimum Gasteiger partial charge on any atom is -0.493 e. The molecule has 0 radical (unpaired) electrons. The van der Waals surface area contributed by atoms with E-state index in [1.807, 2.05) is 24.3 Å². The molecule has 1 N–H and O–H groups in total. The molecule has 0 fully saturated rings. The van der Waals surface area contributed by atoms with Gasteiger partial charge >= 0.3 is 5.97 Å². The third-order valence-electron chi connectivity index (χ3n) is 5.20. The van der Waals surface area contributed by atoms with Crippen LogP contribution in [0.3, 0.4) is 0 Å². The molecule has 0 saturated heterocycles. The van der Waals surface area contributed by atoms with Crippen LogP contribution in [0.4, 0.5) is 0 Å². The Morgan fingerprint density at radius 1 is 1.15 bits per heavy atom. The van der Waals surface area contributed by atoms with Crippen molar-refractivity contribution in [1.82, 2.24) is 9.88 Å². The van der Waals surface area contributed by atoms with Crippen molar-refractivity contribution in [2.24, 2.45) is 0 Å². The molecule has 0 atom stereocenters. The van der Waals surface area contributed by atoms with Gasteiger partial charge in [0.1, 0.15) is 11.5 Å². The third kappa shape index (κ3) is 6.94. The van der Waals surface area contributed by atoms with E-state index in [1.54, 1.807) is 50.7 Å². The summed E-state index contributed by atoms with van der Waals surface area (Å²) >= 11 is 0. The van der Waals surface area contributed by atoms with E-state index in [1.165, 1.54) is 4.90 Å². The number of aliphatic carboxylic acids is 1. The van der Waals surface area contributed by atoms with Crippen molar-refractivity contribution in [2.75, 3.05) is 6.61 Å². The van der Waals surface area contributed by atoms with Crippen LogP contribution in [0, 0.1) is 0 Å². The van der Waals surface area contributed by atoms with E-state index in [0.717, 1.165) is 24.2 Å². The van der Waals surface area contributed by atoms with Crippen molar-refractivity contribution in [1.29, 1.82) is 0 Å². The Kier molecular flexibility index (Phi) is 8.11. The summed E-state index contributed by atoms with van der Waals surface area (Å²) in [6, 6.07) is 11.3. The highest BCUT2D eigenvalue weighted by molar-refractivity contribution is 5.94. The lowest BCUT2D eigenvalue weighted by molar-refractivity contribution is -0.137. The van der Waals surface area contributed by atoms with Gasteiger partial charge in [-0.15, -0.1) is 0 Å². The molecule has 2 aromatic heterocycles. The zero-order valence-corrected chi connectivity index (χ0v) is 19.0. The van der Waals surface area contributed by atoms with Crippen LogP contribution < -0.4 is 4.74 Å². The van der Waals surface area contributed by atoms with Crippen LogP contribution in [0.5, 0.6) is 5.75 Å². The Labute approximate surface area is 195 Å². The number of carboxylic acids is 1. The quantitative estimate of drug-likeness (QED) is 0.370. The Hall–Kier alpha value is -3.61.